The van der Waals surface area contributed by atoms with Gasteiger partial charge in [-0.2, -0.15) is 5.26 Å². The number of nitrogens with one attached hydrogen (secondary N) is 1. The number of aliphatic carboxylic acids is 1. The molecule has 5 heteroatoms. The quantitative estimate of drug-likeness (QED) is 0.810. The van der Waals surface area contributed by atoms with Gasteiger partial charge >= 0.3 is 5.97 Å². The van der Waals surface area contributed by atoms with Gasteiger partial charge < -0.3 is 10.4 Å². The van der Waals surface area contributed by atoms with Crippen molar-refractivity contribution in [3.8, 4) is 6.07 Å². The third kappa shape index (κ3) is 3.93. The van der Waals surface area contributed by atoms with E-state index in [-0.39, 0.29) is 12.3 Å². The summed E-state index contributed by atoms with van der Waals surface area (Å²) in [6.45, 7) is 0. The summed E-state index contributed by atoms with van der Waals surface area (Å²) in [5.41, 5.74) is 0.686. The normalized spacial score (nSPS) is 16.0. The van der Waals surface area contributed by atoms with Gasteiger partial charge in [-0.3, -0.25) is 9.59 Å². The average Bonchev–Trinajstić information content (AvgIpc) is 2.42. The third-order valence-corrected chi connectivity index (χ3v) is 3.63. The second-order valence-electron chi connectivity index (χ2n) is 5.26. The Hall–Kier alpha value is -2.61. The standard InChI is InChI=1S/C16H16N2O3/c17-11-13-4-1-3-12(9-13)5-6-14(19)18-16(7-2-8-16)10-15(20)21/h1,3-6,9H,2,7-8,10H2,(H,18,19)(H,20,21). The van der Waals surface area contributed by atoms with Gasteiger partial charge in [0.05, 0.1) is 23.6 Å². The predicted octanol–water partition coefficient (Wildman–Crippen LogP) is 2.09. The van der Waals surface area contributed by atoms with Gasteiger partial charge in [-0.25, -0.2) is 0 Å². The van der Waals surface area contributed by atoms with E-state index in [4.69, 9.17) is 10.4 Å². The van der Waals surface area contributed by atoms with Crippen molar-refractivity contribution in [2.45, 2.75) is 31.2 Å². The molecule has 1 aliphatic carbocycles. The van der Waals surface area contributed by atoms with E-state index in [0.29, 0.717) is 18.4 Å². The van der Waals surface area contributed by atoms with Gasteiger partial charge in [-0.15, -0.1) is 0 Å². The first-order valence-electron chi connectivity index (χ1n) is 6.75. The van der Waals surface area contributed by atoms with Gasteiger partial charge in [0, 0.05) is 6.08 Å². The molecule has 5 nitrogen and oxygen atoms in total. The molecule has 0 unspecified atom stereocenters. The molecular weight excluding hydrogens is 268 g/mol. The Morgan fingerprint density at radius 1 is 1.43 bits per heavy atom. The van der Waals surface area contributed by atoms with Crippen LogP contribution in [-0.4, -0.2) is 22.5 Å². The van der Waals surface area contributed by atoms with Crippen molar-refractivity contribution in [3.05, 3.63) is 41.5 Å². The van der Waals surface area contributed by atoms with Crippen molar-refractivity contribution in [2.24, 2.45) is 0 Å². The average molecular weight is 284 g/mol. The topological polar surface area (TPSA) is 90.2 Å². The molecule has 0 aliphatic heterocycles. The first-order chi connectivity index (χ1) is 10.0. The van der Waals surface area contributed by atoms with Crippen LogP contribution in [0.15, 0.2) is 30.3 Å². The zero-order chi connectivity index (χ0) is 15.3. The summed E-state index contributed by atoms with van der Waals surface area (Å²) in [6, 6.07) is 8.94. The fraction of sp³-hybridized carbons (Fsp3) is 0.312. The minimum absolute atomic E-state index is 0.0451. The molecule has 1 aromatic carbocycles. The number of hydrogen-bond acceptors (Lipinski definition) is 3. The summed E-state index contributed by atoms with van der Waals surface area (Å²) in [4.78, 5) is 22.7. The lowest BCUT2D eigenvalue weighted by Gasteiger charge is -2.41. The first-order valence-corrected chi connectivity index (χ1v) is 6.75. The summed E-state index contributed by atoms with van der Waals surface area (Å²) < 4.78 is 0. The second-order valence-corrected chi connectivity index (χ2v) is 5.26. The molecule has 0 atom stereocenters. The van der Waals surface area contributed by atoms with Crippen LogP contribution < -0.4 is 5.32 Å². The molecular formula is C16H16N2O3. The van der Waals surface area contributed by atoms with E-state index in [0.717, 1.165) is 12.0 Å². The molecule has 2 N–H and O–H groups in total. The number of carboxylic acids is 1. The van der Waals surface area contributed by atoms with Gasteiger partial charge in [0.15, 0.2) is 0 Å². The predicted molar refractivity (Wildman–Crippen MR) is 77.2 cm³/mol. The number of carbonyl (C=O) groups excluding carboxylic acids is 1. The fourth-order valence-electron chi connectivity index (χ4n) is 2.43. The number of hydrogen-bond donors (Lipinski definition) is 2. The van der Waals surface area contributed by atoms with Crippen molar-refractivity contribution in [2.75, 3.05) is 0 Å². The van der Waals surface area contributed by atoms with E-state index < -0.39 is 11.5 Å². The van der Waals surface area contributed by atoms with Crippen molar-refractivity contribution in [3.63, 3.8) is 0 Å². The Morgan fingerprint density at radius 3 is 2.76 bits per heavy atom. The molecule has 0 bridgehead atoms. The summed E-state index contributed by atoms with van der Waals surface area (Å²) in [5, 5.41) is 20.5. The highest BCUT2D eigenvalue weighted by Crippen LogP contribution is 2.34. The maximum atomic E-state index is 11.9. The van der Waals surface area contributed by atoms with Crippen LogP contribution in [0.3, 0.4) is 0 Å². The number of benzene rings is 1. The van der Waals surface area contributed by atoms with E-state index in [2.05, 4.69) is 5.32 Å². The van der Waals surface area contributed by atoms with Crippen LogP contribution >= 0.6 is 0 Å². The van der Waals surface area contributed by atoms with Gasteiger partial charge in [-0.05, 0) is 43.0 Å². The van der Waals surface area contributed by atoms with Crippen molar-refractivity contribution < 1.29 is 14.7 Å². The largest absolute Gasteiger partial charge is 0.481 e. The fourth-order valence-corrected chi connectivity index (χ4v) is 2.43. The molecule has 21 heavy (non-hydrogen) atoms. The van der Waals surface area contributed by atoms with E-state index >= 15 is 0 Å². The smallest absolute Gasteiger partial charge is 0.305 e. The number of rotatable bonds is 5. The number of carbonyl (C=O) groups is 2. The van der Waals surface area contributed by atoms with Crippen LogP contribution in [0.4, 0.5) is 0 Å². The van der Waals surface area contributed by atoms with E-state index in [9.17, 15) is 9.59 Å². The van der Waals surface area contributed by atoms with Gasteiger partial charge in [-0.1, -0.05) is 12.1 Å². The molecule has 1 aromatic rings. The molecule has 0 saturated heterocycles. The van der Waals surface area contributed by atoms with E-state index in [1.54, 1.807) is 30.3 Å². The number of nitrogens with zero attached hydrogens (tertiary/aromatic N) is 1. The van der Waals surface area contributed by atoms with Crippen molar-refractivity contribution in [1.82, 2.24) is 5.32 Å². The summed E-state index contributed by atoms with van der Waals surface area (Å²) in [5.74, 6) is -1.21. The Morgan fingerprint density at radius 2 is 2.19 bits per heavy atom. The van der Waals surface area contributed by atoms with Gasteiger partial charge in [0.25, 0.3) is 0 Å². The zero-order valence-electron chi connectivity index (χ0n) is 11.5. The number of amides is 1. The maximum Gasteiger partial charge on any atom is 0.305 e. The van der Waals surface area contributed by atoms with Crippen molar-refractivity contribution >= 4 is 18.0 Å². The Labute approximate surface area is 122 Å². The molecule has 2 rings (SSSR count). The summed E-state index contributed by atoms with van der Waals surface area (Å²) in [7, 11) is 0. The molecule has 1 fully saturated rings. The van der Waals surface area contributed by atoms with Crippen molar-refractivity contribution in [1.29, 1.82) is 5.26 Å². The highest BCUT2D eigenvalue weighted by Gasteiger charge is 2.39. The number of nitriles is 1. The van der Waals surface area contributed by atoms with Gasteiger partial charge in [0.2, 0.25) is 5.91 Å². The SMILES string of the molecule is N#Cc1cccc(C=CC(=O)NC2(CC(=O)O)CCC2)c1. The Kier molecular flexibility index (Phi) is 4.39. The minimum atomic E-state index is -0.902. The van der Waals surface area contributed by atoms with Crippen LogP contribution in [-0.2, 0) is 9.59 Å². The summed E-state index contributed by atoms with van der Waals surface area (Å²) >= 11 is 0. The molecule has 1 amide bonds. The van der Waals surface area contributed by atoms with Crippen LogP contribution in [0.2, 0.25) is 0 Å². The lowest BCUT2D eigenvalue weighted by Crippen LogP contribution is -2.54. The zero-order valence-corrected chi connectivity index (χ0v) is 11.5. The highest BCUT2D eigenvalue weighted by atomic mass is 16.4. The van der Waals surface area contributed by atoms with Crippen LogP contribution in [0.1, 0.15) is 36.8 Å². The van der Waals surface area contributed by atoms with E-state index in [1.807, 2.05) is 6.07 Å². The molecule has 108 valence electrons. The molecule has 1 saturated carbocycles. The minimum Gasteiger partial charge on any atom is -0.481 e. The molecule has 0 radical (unpaired) electrons. The molecule has 0 aromatic heterocycles. The number of carboxylic acid groups (broad SMARTS) is 1. The van der Waals surface area contributed by atoms with Crippen LogP contribution in [0, 0.1) is 11.3 Å². The monoisotopic (exact) mass is 284 g/mol. The molecule has 0 spiro atoms. The highest BCUT2D eigenvalue weighted by molar-refractivity contribution is 5.92. The van der Waals surface area contributed by atoms with Crippen LogP contribution in [0.5, 0.6) is 0 Å². The lowest BCUT2D eigenvalue weighted by atomic mass is 9.74. The van der Waals surface area contributed by atoms with E-state index in [1.165, 1.54) is 6.08 Å². The summed E-state index contributed by atoms with van der Waals surface area (Å²) in [6.07, 6.45) is 5.27. The first kappa shape index (κ1) is 14.8. The molecule has 1 aliphatic rings. The second kappa shape index (κ2) is 6.23. The Bertz CT molecular complexity index is 625. The molecule has 0 heterocycles. The van der Waals surface area contributed by atoms with Crippen LogP contribution in [0.25, 0.3) is 6.08 Å². The maximum absolute atomic E-state index is 11.9. The Balaban J connectivity index is 1.99. The van der Waals surface area contributed by atoms with Gasteiger partial charge in [0.1, 0.15) is 0 Å². The third-order valence-electron chi connectivity index (χ3n) is 3.63. The lowest BCUT2D eigenvalue weighted by molar-refractivity contribution is -0.140.